The first-order valence-corrected chi connectivity index (χ1v) is 9.15. The molecule has 1 aliphatic rings. The molecule has 0 radical (unpaired) electrons. The number of aromatic nitrogens is 1. The molecule has 1 atom stereocenters. The second kappa shape index (κ2) is 10.0. The Kier molecular flexibility index (Phi) is 9.10. The van der Waals surface area contributed by atoms with Crippen molar-refractivity contribution >= 4 is 51.6 Å². The summed E-state index contributed by atoms with van der Waals surface area (Å²) in [5.74, 6) is 0.752. The summed E-state index contributed by atoms with van der Waals surface area (Å²) in [6, 6.07) is 7.05. The normalized spacial score (nSPS) is 16.7. The topological polar surface area (TPSA) is 31.1 Å². The molecular weight excluding hydrogens is 409 g/mol. The molecule has 3 rings (SSSR count). The second-order valence-corrected chi connectivity index (χ2v) is 7.62. The molecule has 1 aliphatic heterocycles. The van der Waals surface area contributed by atoms with Crippen molar-refractivity contribution in [3.8, 4) is 0 Å². The van der Waals surface area contributed by atoms with Crippen LogP contribution in [0.15, 0.2) is 28.9 Å². The van der Waals surface area contributed by atoms with Gasteiger partial charge < -0.3 is 10.3 Å². The van der Waals surface area contributed by atoms with Gasteiger partial charge in [-0.1, -0.05) is 29.8 Å². The molecule has 3 nitrogen and oxygen atoms in total. The van der Waals surface area contributed by atoms with Crippen LogP contribution in [-0.2, 0) is 0 Å². The third-order valence-corrected chi connectivity index (χ3v) is 5.14. The highest BCUT2D eigenvalue weighted by Gasteiger charge is 2.24. The van der Waals surface area contributed by atoms with E-state index >= 15 is 0 Å². The maximum Gasteiger partial charge on any atom is 0.0458 e. The predicted molar refractivity (Wildman–Crippen MR) is 112 cm³/mol. The fraction of sp³-hybridized carbons (Fsp3) is 0.556. The molecule has 136 valence electrons. The molecule has 6 heteroatoms. The Morgan fingerprint density at radius 1 is 1.12 bits per heavy atom. The Labute approximate surface area is 165 Å². The van der Waals surface area contributed by atoms with Crippen molar-refractivity contribution in [2.75, 3.05) is 26.2 Å². The first kappa shape index (κ1) is 21.8. The van der Waals surface area contributed by atoms with Crippen molar-refractivity contribution in [3.63, 3.8) is 0 Å². The molecule has 2 aromatic rings. The minimum atomic E-state index is 0. The molecule has 1 aromatic carbocycles. The monoisotopic (exact) mass is 435 g/mol. The Hall–Kier alpha value is -0.260. The van der Waals surface area contributed by atoms with Crippen LogP contribution in [0.2, 0.25) is 0 Å². The van der Waals surface area contributed by atoms with Crippen LogP contribution in [0.1, 0.15) is 38.3 Å². The fourth-order valence-electron chi connectivity index (χ4n) is 3.41. The van der Waals surface area contributed by atoms with Gasteiger partial charge in [-0.2, -0.15) is 0 Å². The molecule has 0 spiro atoms. The van der Waals surface area contributed by atoms with E-state index in [0.717, 1.165) is 36.6 Å². The van der Waals surface area contributed by atoms with Crippen molar-refractivity contribution in [2.24, 2.45) is 5.92 Å². The summed E-state index contributed by atoms with van der Waals surface area (Å²) in [6.07, 6.45) is 4.73. The first-order valence-electron chi connectivity index (χ1n) is 8.36. The van der Waals surface area contributed by atoms with Gasteiger partial charge in [-0.15, -0.1) is 24.8 Å². The lowest BCUT2D eigenvalue weighted by atomic mass is 9.95. The molecule has 24 heavy (non-hydrogen) atoms. The number of hydrogen-bond donors (Lipinski definition) is 2. The van der Waals surface area contributed by atoms with Gasteiger partial charge in [0.05, 0.1) is 0 Å². The summed E-state index contributed by atoms with van der Waals surface area (Å²) in [5, 5.41) is 4.83. The Bertz CT molecular complexity index is 624. The highest BCUT2D eigenvalue weighted by Crippen LogP contribution is 2.34. The average Bonchev–Trinajstić information content (AvgIpc) is 2.91. The molecule has 1 saturated heterocycles. The first-order chi connectivity index (χ1) is 10.6. The van der Waals surface area contributed by atoms with Crippen LogP contribution in [0.5, 0.6) is 0 Å². The number of nitrogens with zero attached hydrogens (tertiary/aromatic N) is 1. The van der Waals surface area contributed by atoms with E-state index in [1.165, 1.54) is 29.3 Å². The third-order valence-electron chi connectivity index (χ3n) is 4.64. The highest BCUT2D eigenvalue weighted by atomic mass is 79.9. The number of benzene rings is 1. The molecule has 2 heterocycles. The van der Waals surface area contributed by atoms with Gasteiger partial charge in [0.15, 0.2) is 0 Å². The van der Waals surface area contributed by atoms with Crippen molar-refractivity contribution in [1.29, 1.82) is 0 Å². The average molecular weight is 437 g/mol. The fourth-order valence-corrected chi connectivity index (χ4v) is 3.77. The Morgan fingerprint density at radius 2 is 1.83 bits per heavy atom. The Balaban J connectivity index is 0.00000144. The van der Waals surface area contributed by atoms with Crippen molar-refractivity contribution in [2.45, 2.75) is 32.7 Å². The molecule has 0 saturated carbocycles. The molecule has 1 fully saturated rings. The van der Waals surface area contributed by atoms with Crippen LogP contribution < -0.4 is 5.32 Å². The van der Waals surface area contributed by atoms with E-state index in [4.69, 9.17) is 0 Å². The highest BCUT2D eigenvalue weighted by molar-refractivity contribution is 9.10. The van der Waals surface area contributed by atoms with E-state index in [9.17, 15) is 0 Å². The summed E-state index contributed by atoms with van der Waals surface area (Å²) in [5.41, 5.74) is 2.70. The van der Waals surface area contributed by atoms with Gasteiger partial charge in [-0.3, -0.25) is 4.90 Å². The van der Waals surface area contributed by atoms with E-state index < -0.39 is 0 Å². The van der Waals surface area contributed by atoms with Crippen LogP contribution in [0.4, 0.5) is 0 Å². The van der Waals surface area contributed by atoms with Crippen LogP contribution in [0.25, 0.3) is 10.9 Å². The number of halogens is 3. The van der Waals surface area contributed by atoms with E-state index in [1.54, 1.807) is 0 Å². The smallest absolute Gasteiger partial charge is 0.0458 e. The molecule has 0 amide bonds. The molecule has 0 unspecified atom stereocenters. The minimum Gasteiger partial charge on any atom is -0.361 e. The zero-order chi connectivity index (χ0) is 15.5. The lowest BCUT2D eigenvalue weighted by Crippen LogP contribution is -2.45. The van der Waals surface area contributed by atoms with Gasteiger partial charge in [-0.25, -0.2) is 0 Å². The number of aromatic amines is 1. The molecular formula is C18H28BrCl2N3. The van der Waals surface area contributed by atoms with Gasteiger partial charge in [0.2, 0.25) is 0 Å². The van der Waals surface area contributed by atoms with Gasteiger partial charge in [0.25, 0.3) is 0 Å². The standard InChI is InChI=1S/C18H26BrN3.2ClH/c1-13(2)3-6-18(22-9-7-20-8-10-22)16-12-21-17-5-4-14(19)11-15(16)17;;/h4-5,11-13,18,20-21H,3,6-10H2,1-2H3;2*1H/t18-;;/m0../s1. The molecule has 0 aliphatic carbocycles. The van der Waals surface area contributed by atoms with Crippen molar-refractivity contribution in [3.05, 3.63) is 34.4 Å². The zero-order valence-electron chi connectivity index (χ0n) is 14.3. The maximum atomic E-state index is 3.62. The number of rotatable bonds is 5. The third kappa shape index (κ3) is 5.12. The summed E-state index contributed by atoms with van der Waals surface area (Å²) < 4.78 is 1.16. The van der Waals surface area contributed by atoms with Gasteiger partial charge in [0.1, 0.15) is 0 Å². The zero-order valence-corrected chi connectivity index (χ0v) is 17.6. The molecule has 1 aromatic heterocycles. The van der Waals surface area contributed by atoms with E-state index in [-0.39, 0.29) is 24.8 Å². The number of piperazine rings is 1. The van der Waals surface area contributed by atoms with E-state index in [1.807, 2.05) is 0 Å². The van der Waals surface area contributed by atoms with Gasteiger partial charge in [0, 0.05) is 53.8 Å². The predicted octanol–water partition coefficient (Wildman–Crippen LogP) is 5.16. The maximum absolute atomic E-state index is 3.62. The summed E-state index contributed by atoms with van der Waals surface area (Å²) in [7, 11) is 0. The lowest BCUT2D eigenvalue weighted by molar-refractivity contribution is 0.161. The minimum absolute atomic E-state index is 0. The van der Waals surface area contributed by atoms with Crippen LogP contribution in [0, 0.1) is 5.92 Å². The van der Waals surface area contributed by atoms with E-state index in [2.05, 4.69) is 69.4 Å². The van der Waals surface area contributed by atoms with Crippen LogP contribution in [0.3, 0.4) is 0 Å². The number of hydrogen-bond acceptors (Lipinski definition) is 2. The van der Waals surface area contributed by atoms with Gasteiger partial charge in [-0.05, 0) is 42.5 Å². The molecule has 2 N–H and O–H groups in total. The number of nitrogens with one attached hydrogen (secondary N) is 2. The number of fused-ring (bicyclic) bond motifs is 1. The summed E-state index contributed by atoms with van der Waals surface area (Å²) in [6.45, 7) is 9.13. The largest absolute Gasteiger partial charge is 0.361 e. The van der Waals surface area contributed by atoms with Crippen molar-refractivity contribution in [1.82, 2.24) is 15.2 Å². The quantitative estimate of drug-likeness (QED) is 0.678. The van der Waals surface area contributed by atoms with E-state index in [0.29, 0.717) is 6.04 Å². The summed E-state index contributed by atoms with van der Waals surface area (Å²) in [4.78, 5) is 6.11. The lowest BCUT2D eigenvalue weighted by Gasteiger charge is -2.35. The van der Waals surface area contributed by atoms with Crippen molar-refractivity contribution < 1.29 is 0 Å². The van der Waals surface area contributed by atoms with Crippen LogP contribution >= 0.6 is 40.7 Å². The van der Waals surface area contributed by atoms with Crippen LogP contribution in [-0.4, -0.2) is 36.1 Å². The van der Waals surface area contributed by atoms with Gasteiger partial charge >= 0.3 is 0 Å². The molecule has 0 bridgehead atoms. The number of H-pyrrole nitrogens is 1. The SMILES string of the molecule is CC(C)CC[C@@H](c1c[nH]c2ccc(Br)cc12)N1CCNCC1.Cl.Cl. The summed E-state index contributed by atoms with van der Waals surface area (Å²) >= 11 is 3.62. The Morgan fingerprint density at radius 3 is 2.50 bits per heavy atom. The second-order valence-electron chi connectivity index (χ2n) is 6.71.